The van der Waals surface area contributed by atoms with E-state index in [9.17, 15) is 0 Å². The summed E-state index contributed by atoms with van der Waals surface area (Å²) in [6.45, 7) is 0. The monoisotopic (exact) mass is 322 g/mol. The molecule has 0 bridgehead atoms. The van der Waals surface area contributed by atoms with Gasteiger partial charge in [0, 0.05) is 11.7 Å². The smallest absolute Gasteiger partial charge is 0.170 e. The number of fused-ring (bicyclic) bond motifs is 3. The predicted molar refractivity (Wildman–Crippen MR) is 101 cm³/mol. The Kier molecular flexibility index (Phi) is 4.04. The Morgan fingerprint density at radius 3 is 2.57 bits per heavy atom. The molecule has 23 heavy (non-hydrogen) atoms. The maximum atomic E-state index is 5.49. The summed E-state index contributed by atoms with van der Waals surface area (Å²) in [6, 6.07) is 15.8. The molecule has 0 heterocycles. The Morgan fingerprint density at radius 1 is 0.913 bits per heavy atom. The number of nitrogens with one attached hydrogen (secondary N) is 2. The molecule has 0 atom stereocenters. The van der Waals surface area contributed by atoms with Gasteiger partial charge in [0.2, 0.25) is 0 Å². The molecule has 3 heteroatoms. The maximum Gasteiger partial charge on any atom is 0.170 e. The molecule has 1 fully saturated rings. The van der Waals surface area contributed by atoms with Crippen LogP contribution in [0.1, 0.15) is 43.2 Å². The normalized spacial score (nSPS) is 16.5. The molecule has 2 aliphatic carbocycles. The molecule has 0 aliphatic heterocycles. The van der Waals surface area contributed by atoms with Crippen LogP contribution in [0.15, 0.2) is 42.5 Å². The highest BCUT2D eigenvalue weighted by Gasteiger charge is 2.18. The molecule has 118 valence electrons. The first-order valence-electron chi connectivity index (χ1n) is 8.58. The molecule has 0 unspecified atom stereocenters. The lowest BCUT2D eigenvalue weighted by Crippen LogP contribution is -2.38. The first-order chi connectivity index (χ1) is 11.3. The van der Waals surface area contributed by atoms with Gasteiger partial charge in [0.15, 0.2) is 5.11 Å². The third kappa shape index (κ3) is 3.11. The molecule has 0 spiro atoms. The van der Waals surface area contributed by atoms with E-state index in [1.165, 1.54) is 54.4 Å². The van der Waals surface area contributed by atoms with Gasteiger partial charge in [0.1, 0.15) is 0 Å². The van der Waals surface area contributed by atoms with E-state index in [0.29, 0.717) is 6.04 Å². The van der Waals surface area contributed by atoms with Crippen molar-refractivity contribution in [2.24, 2.45) is 0 Å². The molecule has 2 N–H and O–H groups in total. The average molecular weight is 322 g/mol. The third-order valence-corrected chi connectivity index (χ3v) is 5.21. The Morgan fingerprint density at radius 2 is 1.70 bits per heavy atom. The van der Waals surface area contributed by atoms with Gasteiger partial charge in [-0.1, -0.05) is 49.6 Å². The van der Waals surface area contributed by atoms with Crippen LogP contribution in [-0.2, 0) is 6.42 Å². The van der Waals surface area contributed by atoms with Crippen molar-refractivity contribution in [3.63, 3.8) is 0 Å². The largest absolute Gasteiger partial charge is 0.360 e. The Balaban J connectivity index is 1.45. The number of thiocarbonyl (C=S) groups is 1. The Labute approximate surface area is 143 Å². The highest BCUT2D eigenvalue weighted by molar-refractivity contribution is 7.80. The molecular weight excluding hydrogens is 300 g/mol. The fourth-order valence-corrected chi connectivity index (χ4v) is 4.11. The van der Waals surface area contributed by atoms with Gasteiger partial charge in [-0.2, -0.15) is 0 Å². The third-order valence-electron chi connectivity index (χ3n) is 4.99. The van der Waals surface area contributed by atoms with Crippen LogP contribution in [0.2, 0.25) is 0 Å². The number of hydrogen-bond donors (Lipinski definition) is 2. The van der Waals surface area contributed by atoms with Crippen LogP contribution in [0.3, 0.4) is 0 Å². The summed E-state index contributed by atoms with van der Waals surface area (Å²) in [5.74, 6) is 0. The van der Waals surface area contributed by atoms with Gasteiger partial charge in [-0.25, -0.2) is 0 Å². The van der Waals surface area contributed by atoms with E-state index < -0.39 is 0 Å². The van der Waals surface area contributed by atoms with Crippen molar-refractivity contribution in [1.82, 2.24) is 5.32 Å². The van der Waals surface area contributed by atoms with Crippen LogP contribution in [0.25, 0.3) is 11.1 Å². The quantitative estimate of drug-likeness (QED) is 0.658. The van der Waals surface area contributed by atoms with Gasteiger partial charge >= 0.3 is 0 Å². The average Bonchev–Trinajstić information content (AvgIpc) is 2.93. The zero-order valence-corrected chi connectivity index (χ0v) is 14.1. The Hall–Kier alpha value is -1.87. The zero-order chi connectivity index (χ0) is 15.6. The van der Waals surface area contributed by atoms with Crippen LogP contribution in [0.5, 0.6) is 0 Å². The second-order valence-corrected chi connectivity index (χ2v) is 7.05. The van der Waals surface area contributed by atoms with Crippen molar-refractivity contribution in [2.75, 3.05) is 5.32 Å². The topological polar surface area (TPSA) is 24.1 Å². The molecule has 0 radical (unpaired) electrons. The summed E-state index contributed by atoms with van der Waals surface area (Å²) >= 11 is 5.49. The standard InChI is InChI=1S/C20H22N2S/c23-20(21-16-7-2-1-3-8-16)22-17-10-11-19-15(13-17)12-14-6-4-5-9-18(14)19/h4-6,9-11,13,16H,1-3,7-8,12H2,(H2,21,22,23). The molecule has 2 aliphatic rings. The van der Waals surface area contributed by atoms with Gasteiger partial charge in [-0.3, -0.25) is 0 Å². The first-order valence-corrected chi connectivity index (χ1v) is 8.99. The molecule has 2 aromatic rings. The number of rotatable bonds is 2. The van der Waals surface area contributed by atoms with Crippen LogP contribution in [0.4, 0.5) is 5.69 Å². The number of benzene rings is 2. The summed E-state index contributed by atoms with van der Waals surface area (Å²) in [5.41, 5.74) is 6.62. The fourth-order valence-electron chi connectivity index (χ4n) is 3.82. The predicted octanol–water partition coefficient (Wildman–Crippen LogP) is 4.88. The minimum atomic E-state index is 0.544. The molecule has 0 aromatic heterocycles. The number of hydrogen-bond acceptors (Lipinski definition) is 1. The van der Waals surface area contributed by atoms with E-state index in [1.807, 2.05) is 0 Å². The van der Waals surface area contributed by atoms with Crippen LogP contribution < -0.4 is 10.6 Å². The fraction of sp³-hybridized carbons (Fsp3) is 0.350. The second kappa shape index (κ2) is 6.32. The van der Waals surface area contributed by atoms with Gasteiger partial charge in [-0.05, 0) is 65.9 Å². The van der Waals surface area contributed by atoms with E-state index in [0.717, 1.165) is 17.2 Å². The molecule has 1 saturated carbocycles. The van der Waals surface area contributed by atoms with E-state index >= 15 is 0 Å². The summed E-state index contributed by atoms with van der Waals surface area (Å²) in [6.07, 6.45) is 7.49. The SMILES string of the molecule is S=C(Nc1ccc2c(c1)Cc1ccccc1-2)NC1CCCCC1. The van der Waals surface area contributed by atoms with Gasteiger partial charge in [-0.15, -0.1) is 0 Å². The molecule has 4 rings (SSSR count). The second-order valence-electron chi connectivity index (χ2n) is 6.64. The first kappa shape index (κ1) is 14.7. The van der Waals surface area contributed by atoms with Crippen LogP contribution in [-0.4, -0.2) is 11.2 Å². The van der Waals surface area contributed by atoms with Gasteiger partial charge < -0.3 is 10.6 Å². The highest BCUT2D eigenvalue weighted by atomic mass is 32.1. The molecule has 0 saturated heterocycles. The van der Waals surface area contributed by atoms with Crippen LogP contribution in [0, 0.1) is 0 Å². The van der Waals surface area contributed by atoms with E-state index in [-0.39, 0.29) is 0 Å². The minimum absolute atomic E-state index is 0.544. The molecule has 2 aromatic carbocycles. The summed E-state index contributed by atoms with van der Waals surface area (Å²) in [4.78, 5) is 0. The summed E-state index contributed by atoms with van der Waals surface area (Å²) in [5, 5.41) is 7.60. The maximum absolute atomic E-state index is 5.49. The summed E-state index contributed by atoms with van der Waals surface area (Å²) in [7, 11) is 0. The van der Waals surface area contributed by atoms with Crippen molar-refractivity contribution >= 4 is 23.0 Å². The molecular formula is C20H22N2S. The zero-order valence-electron chi connectivity index (χ0n) is 13.3. The highest BCUT2D eigenvalue weighted by Crippen LogP contribution is 2.37. The van der Waals surface area contributed by atoms with Crippen molar-refractivity contribution in [1.29, 1.82) is 0 Å². The van der Waals surface area contributed by atoms with Crippen molar-refractivity contribution in [3.8, 4) is 11.1 Å². The van der Waals surface area contributed by atoms with E-state index in [4.69, 9.17) is 12.2 Å². The van der Waals surface area contributed by atoms with Gasteiger partial charge in [0.05, 0.1) is 0 Å². The minimum Gasteiger partial charge on any atom is -0.360 e. The van der Waals surface area contributed by atoms with Crippen molar-refractivity contribution < 1.29 is 0 Å². The molecule has 2 nitrogen and oxygen atoms in total. The number of anilines is 1. The van der Waals surface area contributed by atoms with Crippen molar-refractivity contribution in [3.05, 3.63) is 53.6 Å². The summed E-state index contributed by atoms with van der Waals surface area (Å²) < 4.78 is 0. The lowest BCUT2D eigenvalue weighted by Gasteiger charge is -2.24. The van der Waals surface area contributed by atoms with E-state index in [2.05, 4.69) is 53.1 Å². The van der Waals surface area contributed by atoms with Crippen molar-refractivity contribution in [2.45, 2.75) is 44.6 Å². The van der Waals surface area contributed by atoms with Crippen LogP contribution >= 0.6 is 12.2 Å². The van der Waals surface area contributed by atoms with E-state index in [1.54, 1.807) is 0 Å². The molecule has 0 amide bonds. The Bertz CT molecular complexity index is 732. The lowest BCUT2D eigenvalue weighted by molar-refractivity contribution is 0.415. The lowest BCUT2D eigenvalue weighted by atomic mass is 9.96. The van der Waals surface area contributed by atoms with Gasteiger partial charge in [0.25, 0.3) is 0 Å².